The minimum Gasteiger partial charge on any atom is -0.378 e. The van der Waals surface area contributed by atoms with Gasteiger partial charge in [0.25, 0.3) is 0 Å². The van der Waals surface area contributed by atoms with Gasteiger partial charge >= 0.3 is 0 Å². The lowest BCUT2D eigenvalue weighted by atomic mass is 10.0. The zero-order valence-electron chi connectivity index (χ0n) is 17.8. The maximum Gasteiger partial charge on any atom is 0.232 e. The van der Waals surface area contributed by atoms with E-state index in [1.54, 1.807) is 12.1 Å². The number of anilines is 3. The van der Waals surface area contributed by atoms with E-state index in [-0.39, 0.29) is 5.82 Å². The number of halogens is 1. The first kappa shape index (κ1) is 21.7. The second kappa shape index (κ2) is 10.2. The van der Waals surface area contributed by atoms with Crippen molar-refractivity contribution in [1.82, 2.24) is 15.3 Å². The van der Waals surface area contributed by atoms with Gasteiger partial charge in [-0.3, -0.25) is 0 Å². The lowest BCUT2D eigenvalue weighted by Gasteiger charge is -2.35. The van der Waals surface area contributed by atoms with Crippen LogP contribution in [0.5, 0.6) is 0 Å². The molecule has 7 nitrogen and oxygen atoms in total. The molecule has 0 bridgehead atoms. The Bertz CT molecular complexity index is 890. The Balaban J connectivity index is 1.49. The van der Waals surface area contributed by atoms with E-state index >= 15 is 0 Å². The smallest absolute Gasteiger partial charge is 0.232 e. The van der Waals surface area contributed by atoms with Gasteiger partial charge in [-0.2, -0.15) is 9.97 Å². The van der Waals surface area contributed by atoms with Crippen LogP contribution in [0.2, 0.25) is 0 Å². The Kier molecular flexibility index (Phi) is 7.14. The maximum absolute atomic E-state index is 13.1. The van der Waals surface area contributed by atoms with Gasteiger partial charge in [0.05, 0.1) is 13.2 Å². The molecule has 2 N–H and O–H groups in total. The van der Waals surface area contributed by atoms with Gasteiger partial charge in [-0.1, -0.05) is 12.1 Å². The number of hydrogen-bond donors (Lipinski definition) is 2. The predicted octanol–water partition coefficient (Wildman–Crippen LogP) is 3.32. The fraction of sp³-hybridized carbons (Fsp3) is 0.500. The van der Waals surface area contributed by atoms with Gasteiger partial charge in [-0.25, -0.2) is 4.39 Å². The standard InChI is InChI=1S/C22H29FN6OS/c1-16-4-2-3-9-29(16)20-14-19(28-10-12-30-13-11-28)25-21(26-20)27-22(31)24-15-17-5-7-18(23)8-6-17/h5-8,14,16H,2-4,9-13,15H2,1H3,(H2,24,25,26,27,31)/t16-/m0/s1. The molecule has 3 heterocycles. The summed E-state index contributed by atoms with van der Waals surface area (Å²) in [6.45, 7) is 6.73. The molecule has 31 heavy (non-hydrogen) atoms. The number of nitrogens with one attached hydrogen (secondary N) is 2. The second-order valence-corrected chi connectivity index (χ2v) is 8.39. The third-order valence-electron chi connectivity index (χ3n) is 5.72. The van der Waals surface area contributed by atoms with Crippen LogP contribution in [-0.2, 0) is 11.3 Å². The maximum atomic E-state index is 13.1. The molecule has 1 aromatic heterocycles. The summed E-state index contributed by atoms with van der Waals surface area (Å²) in [6.07, 6.45) is 3.58. The number of ether oxygens (including phenoxy) is 1. The molecule has 2 fully saturated rings. The van der Waals surface area contributed by atoms with Crippen LogP contribution in [0.25, 0.3) is 0 Å². The highest BCUT2D eigenvalue weighted by molar-refractivity contribution is 7.80. The van der Waals surface area contributed by atoms with Gasteiger partial charge in [0, 0.05) is 38.3 Å². The summed E-state index contributed by atoms with van der Waals surface area (Å²) in [7, 11) is 0. The van der Waals surface area contributed by atoms with Gasteiger partial charge in [-0.05, 0) is 56.1 Å². The van der Waals surface area contributed by atoms with E-state index < -0.39 is 0 Å². The van der Waals surface area contributed by atoms with Crippen molar-refractivity contribution in [2.45, 2.75) is 38.8 Å². The molecule has 2 aromatic rings. The normalized spacial score (nSPS) is 19.2. The fourth-order valence-corrected chi connectivity index (χ4v) is 4.11. The monoisotopic (exact) mass is 444 g/mol. The van der Waals surface area contributed by atoms with Crippen LogP contribution in [0.3, 0.4) is 0 Å². The quantitative estimate of drug-likeness (QED) is 0.681. The molecule has 4 rings (SSSR count). The van der Waals surface area contributed by atoms with Gasteiger partial charge < -0.3 is 25.2 Å². The van der Waals surface area contributed by atoms with E-state index in [2.05, 4.69) is 33.4 Å². The number of aromatic nitrogens is 2. The molecule has 0 amide bonds. The van der Waals surface area contributed by atoms with Crippen molar-refractivity contribution in [2.75, 3.05) is 48.0 Å². The molecule has 1 aromatic carbocycles. The van der Waals surface area contributed by atoms with Crippen molar-refractivity contribution in [1.29, 1.82) is 0 Å². The van der Waals surface area contributed by atoms with E-state index in [4.69, 9.17) is 26.9 Å². The first-order valence-corrected chi connectivity index (χ1v) is 11.3. The summed E-state index contributed by atoms with van der Waals surface area (Å²) in [6, 6.07) is 8.86. The molecule has 166 valence electrons. The average molecular weight is 445 g/mol. The summed E-state index contributed by atoms with van der Waals surface area (Å²) < 4.78 is 18.6. The Morgan fingerprint density at radius 2 is 1.87 bits per heavy atom. The van der Waals surface area contributed by atoms with Gasteiger partial charge in [0.15, 0.2) is 5.11 Å². The fourth-order valence-electron chi connectivity index (χ4n) is 3.95. The number of thiocarbonyl (C=S) groups is 1. The van der Waals surface area contributed by atoms with E-state index in [0.29, 0.717) is 36.9 Å². The molecule has 0 aliphatic carbocycles. The number of hydrogen-bond acceptors (Lipinski definition) is 6. The van der Waals surface area contributed by atoms with Crippen molar-refractivity contribution in [3.05, 3.63) is 41.7 Å². The lowest BCUT2D eigenvalue weighted by Crippen LogP contribution is -2.40. The molecule has 0 spiro atoms. The Hall–Kier alpha value is -2.52. The molecule has 2 aliphatic heterocycles. The topological polar surface area (TPSA) is 65.6 Å². The van der Waals surface area contributed by atoms with Crippen molar-refractivity contribution in [2.24, 2.45) is 0 Å². The van der Waals surface area contributed by atoms with Crippen LogP contribution in [0.15, 0.2) is 30.3 Å². The highest BCUT2D eigenvalue weighted by atomic mass is 32.1. The van der Waals surface area contributed by atoms with Crippen molar-refractivity contribution in [3.8, 4) is 0 Å². The highest BCUT2D eigenvalue weighted by Gasteiger charge is 2.23. The van der Waals surface area contributed by atoms with E-state index in [1.165, 1.54) is 25.0 Å². The molecule has 2 aliphatic rings. The number of nitrogens with zero attached hydrogens (tertiary/aromatic N) is 4. The first-order valence-electron chi connectivity index (χ1n) is 10.9. The summed E-state index contributed by atoms with van der Waals surface area (Å²) in [5.74, 6) is 2.04. The molecule has 2 saturated heterocycles. The van der Waals surface area contributed by atoms with E-state index in [0.717, 1.165) is 43.3 Å². The van der Waals surface area contributed by atoms with Crippen molar-refractivity contribution in [3.63, 3.8) is 0 Å². The lowest BCUT2D eigenvalue weighted by molar-refractivity contribution is 0.122. The Labute approximate surface area is 188 Å². The van der Waals surface area contributed by atoms with Gasteiger partial charge in [0.1, 0.15) is 17.5 Å². The molecular formula is C22H29FN6OS. The molecule has 0 unspecified atom stereocenters. The minimum absolute atomic E-state index is 0.253. The van der Waals surface area contributed by atoms with Crippen LogP contribution in [0, 0.1) is 5.82 Å². The summed E-state index contributed by atoms with van der Waals surface area (Å²) in [5, 5.41) is 6.71. The summed E-state index contributed by atoms with van der Waals surface area (Å²) in [5.41, 5.74) is 0.941. The number of piperidine rings is 1. The third-order valence-corrected chi connectivity index (χ3v) is 5.97. The number of rotatable bonds is 5. The van der Waals surface area contributed by atoms with Crippen LogP contribution in [-0.4, -0.2) is 54.0 Å². The number of morpholine rings is 1. The van der Waals surface area contributed by atoms with E-state index in [9.17, 15) is 4.39 Å². The molecule has 0 radical (unpaired) electrons. The molecular weight excluding hydrogens is 415 g/mol. The zero-order valence-corrected chi connectivity index (χ0v) is 18.6. The third kappa shape index (κ3) is 5.80. The van der Waals surface area contributed by atoms with Crippen molar-refractivity contribution < 1.29 is 9.13 Å². The molecule has 0 saturated carbocycles. The van der Waals surface area contributed by atoms with E-state index in [1.807, 2.05) is 0 Å². The SMILES string of the molecule is C[C@H]1CCCCN1c1cc(N2CCOCC2)nc(NC(=S)NCc2ccc(F)cc2)n1. The largest absolute Gasteiger partial charge is 0.378 e. The van der Waals surface area contributed by atoms with Crippen LogP contribution < -0.4 is 20.4 Å². The first-order chi connectivity index (χ1) is 15.1. The van der Waals surface area contributed by atoms with Crippen LogP contribution >= 0.6 is 12.2 Å². The number of benzene rings is 1. The molecule has 1 atom stereocenters. The van der Waals surface area contributed by atoms with Crippen molar-refractivity contribution >= 4 is 34.9 Å². The Morgan fingerprint density at radius 3 is 2.61 bits per heavy atom. The molecule has 9 heteroatoms. The zero-order chi connectivity index (χ0) is 21.6. The predicted molar refractivity (Wildman–Crippen MR) is 125 cm³/mol. The summed E-state index contributed by atoms with van der Waals surface area (Å²) >= 11 is 5.46. The summed E-state index contributed by atoms with van der Waals surface area (Å²) in [4.78, 5) is 14.1. The minimum atomic E-state index is -0.253. The average Bonchev–Trinajstić information content (AvgIpc) is 2.79. The Morgan fingerprint density at radius 1 is 1.13 bits per heavy atom. The van der Waals surface area contributed by atoms with Crippen LogP contribution in [0.1, 0.15) is 31.7 Å². The second-order valence-electron chi connectivity index (χ2n) is 7.98. The van der Waals surface area contributed by atoms with Gasteiger partial charge in [0.2, 0.25) is 5.95 Å². The van der Waals surface area contributed by atoms with Crippen LogP contribution in [0.4, 0.5) is 22.0 Å². The highest BCUT2D eigenvalue weighted by Crippen LogP contribution is 2.27. The van der Waals surface area contributed by atoms with Gasteiger partial charge in [-0.15, -0.1) is 0 Å².